The number of rotatable bonds is 5. The maximum Gasteiger partial charge on any atom is 0 e. The van der Waals surface area contributed by atoms with Crippen molar-refractivity contribution in [3.63, 3.8) is 0 Å². The Morgan fingerprint density at radius 2 is 1.46 bits per heavy atom. The molecule has 0 saturated carbocycles. The first-order valence-electron chi connectivity index (χ1n) is 13.6. The monoisotopic (exact) mass is 558 g/mol. The molecule has 1 atom stereocenters. The van der Waals surface area contributed by atoms with E-state index in [2.05, 4.69) is 80.4 Å². The van der Waals surface area contributed by atoms with Crippen molar-refractivity contribution in [3.8, 4) is 0 Å². The summed E-state index contributed by atoms with van der Waals surface area (Å²) in [5, 5.41) is 0. The summed E-state index contributed by atoms with van der Waals surface area (Å²) < 4.78 is 6.01. The molecule has 3 heteroatoms. The van der Waals surface area contributed by atoms with Crippen molar-refractivity contribution in [1.29, 1.82) is 0 Å². The smallest absolute Gasteiger partial charge is 0 e. The Labute approximate surface area is 245 Å². The van der Waals surface area contributed by atoms with Gasteiger partial charge >= 0.3 is 0 Å². The molecule has 0 bridgehead atoms. The molecule has 2 aromatic rings. The van der Waals surface area contributed by atoms with Crippen molar-refractivity contribution in [2.45, 2.75) is 102 Å². The Balaban J connectivity index is -0.000000390. The van der Waals surface area contributed by atoms with Gasteiger partial charge in [0.15, 0.2) is 0 Å². The van der Waals surface area contributed by atoms with Crippen LogP contribution in [-0.4, -0.2) is 18.5 Å². The minimum Gasteiger partial charge on any atom is -0.671 e. The normalized spacial score (nSPS) is 14.0. The molecule has 0 amide bonds. The van der Waals surface area contributed by atoms with Gasteiger partial charge in [-0.05, 0) is 26.3 Å². The van der Waals surface area contributed by atoms with Gasteiger partial charge in [0.05, 0.1) is 0 Å². The van der Waals surface area contributed by atoms with Crippen LogP contribution in [-0.2, 0) is 43.9 Å². The first kappa shape index (κ1) is 41.2. The number of nitrogens with zero attached hydrogens (tertiary/aromatic N) is 1. The van der Waals surface area contributed by atoms with Crippen LogP contribution in [0.25, 0.3) is 0 Å². The van der Waals surface area contributed by atoms with Crippen molar-refractivity contribution in [2.75, 3.05) is 13.6 Å². The van der Waals surface area contributed by atoms with Crippen LogP contribution in [0.1, 0.15) is 111 Å². The zero-order valence-corrected chi connectivity index (χ0v) is 28.2. The predicted molar refractivity (Wildman–Crippen MR) is 155 cm³/mol. The van der Waals surface area contributed by atoms with E-state index in [1.165, 1.54) is 16.7 Å². The molecule has 0 N–H and O–H groups in total. The molecule has 0 aliphatic carbocycles. The van der Waals surface area contributed by atoms with Crippen molar-refractivity contribution in [3.05, 3.63) is 89.2 Å². The Morgan fingerprint density at radius 3 is 1.97 bits per heavy atom. The van der Waals surface area contributed by atoms with E-state index in [0.717, 1.165) is 31.1 Å². The summed E-state index contributed by atoms with van der Waals surface area (Å²) in [6.07, 6.45) is 8.14. The molecule has 3 rings (SSSR count). The zero-order valence-electron chi connectivity index (χ0n) is 25.3. The number of aryl methyl sites for hydroxylation is 2. The molecule has 0 unspecified atom stereocenters. The van der Waals surface area contributed by atoms with E-state index in [4.69, 9.17) is 4.74 Å². The van der Waals surface area contributed by atoms with Crippen LogP contribution in [0, 0.1) is 19.1 Å². The van der Waals surface area contributed by atoms with Gasteiger partial charge in [0.1, 0.15) is 0 Å². The van der Waals surface area contributed by atoms with Crippen LogP contribution >= 0.6 is 0 Å². The minimum atomic E-state index is 0. The largest absolute Gasteiger partial charge is 0.671 e. The fourth-order valence-electron chi connectivity index (χ4n) is 3.21. The summed E-state index contributed by atoms with van der Waals surface area (Å²) in [6, 6.07) is 17.3. The summed E-state index contributed by atoms with van der Waals surface area (Å²) in [7, 11) is 2.15. The van der Waals surface area contributed by atoms with E-state index >= 15 is 0 Å². The Hall–Kier alpha value is -0.956. The van der Waals surface area contributed by atoms with E-state index in [1.54, 1.807) is 6.26 Å². The number of likely N-dealkylation sites (N-methyl/N-ethyl adjacent to an activating group) is 1. The quantitative estimate of drug-likeness (QED) is 0.267. The van der Waals surface area contributed by atoms with Crippen molar-refractivity contribution in [2.24, 2.45) is 0 Å². The van der Waals surface area contributed by atoms with Gasteiger partial charge in [-0.15, -0.1) is 30.2 Å². The Kier molecular flexibility index (Phi) is 34.4. The van der Waals surface area contributed by atoms with Gasteiger partial charge in [-0.2, -0.15) is 17.2 Å². The molecule has 1 fully saturated rings. The van der Waals surface area contributed by atoms with Gasteiger partial charge in [0, 0.05) is 32.7 Å². The van der Waals surface area contributed by atoms with Crippen molar-refractivity contribution < 1.29 is 37.4 Å². The molecule has 2 aromatic carbocycles. The molecular weight excluding hydrogens is 503 g/mol. The molecule has 2 nitrogen and oxygen atoms in total. The minimum absolute atomic E-state index is 0. The number of benzene rings is 2. The molecule has 1 heterocycles. The van der Waals surface area contributed by atoms with Crippen molar-refractivity contribution >= 4 is 0 Å². The van der Waals surface area contributed by atoms with Gasteiger partial charge in [-0.1, -0.05) is 131 Å². The summed E-state index contributed by atoms with van der Waals surface area (Å²) in [5.74, 6) is 0. The second-order valence-electron chi connectivity index (χ2n) is 6.39. The predicted octanol–water partition coefficient (Wildman–Crippen LogP) is 9.98. The third kappa shape index (κ3) is 15.7. The molecule has 35 heavy (non-hydrogen) atoms. The molecule has 1 saturated heterocycles. The molecular formula is C32H55NOY-2. The second kappa shape index (κ2) is 29.3. The summed E-state index contributed by atoms with van der Waals surface area (Å²) in [6.45, 7) is 25.3. The maximum absolute atomic E-state index is 6.01. The third-order valence-electron chi connectivity index (χ3n) is 4.71. The van der Waals surface area contributed by atoms with Crippen LogP contribution in [0.4, 0.5) is 0 Å². The first-order chi connectivity index (χ1) is 16.7. The number of hydrogen-bond acceptors (Lipinski definition) is 2. The molecule has 0 aromatic heterocycles. The fraction of sp³-hybridized carbons (Fsp3) is 0.531. The van der Waals surface area contributed by atoms with E-state index in [0.29, 0.717) is 0 Å². The van der Waals surface area contributed by atoms with Gasteiger partial charge in [-0.25, -0.2) is 0 Å². The van der Waals surface area contributed by atoms with Crippen LogP contribution < -0.4 is 0 Å². The molecule has 1 aliphatic heterocycles. The number of likely N-dealkylation sites (tertiary alicyclic amines) is 1. The number of ether oxygens (including phenoxy) is 1. The van der Waals surface area contributed by atoms with Crippen LogP contribution in [0.5, 0.6) is 0 Å². The van der Waals surface area contributed by atoms with Crippen LogP contribution in [0.15, 0.2) is 54.8 Å². The summed E-state index contributed by atoms with van der Waals surface area (Å²) in [4.78, 5) is 2.33. The number of hydrogen-bond donors (Lipinski definition) is 0. The fourth-order valence-corrected chi connectivity index (χ4v) is 3.21. The topological polar surface area (TPSA) is 12.5 Å². The van der Waals surface area contributed by atoms with Gasteiger partial charge in [-0.3, -0.25) is 0 Å². The first-order valence-corrected chi connectivity index (χ1v) is 13.6. The van der Waals surface area contributed by atoms with Crippen molar-refractivity contribution in [1.82, 2.24) is 4.90 Å². The average molecular weight is 559 g/mol. The van der Waals surface area contributed by atoms with E-state index < -0.39 is 0 Å². The van der Waals surface area contributed by atoms with Gasteiger partial charge in [0.25, 0.3) is 0 Å². The Bertz CT molecular complexity index is 700. The summed E-state index contributed by atoms with van der Waals surface area (Å²) in [5.41, 5.74) is 4.94. The third-order valence-corrected chi connectivity index (χ3v) is 4.71. The molecule has 0 spiro atoms. The molecule has 1 aliphatic rings. The second-order valence-corrected chi connectivity index (χ2v) is 6.39. The van der Waals surface area contributed by atoms with E-state index in [1.807, 2.05) is 69.2 Å². The SMILES string of the molecule is CC.CC.CC.CC.CC.CCc1ccc(C)c([C-]=CO[C-]2CCN(C)[C@H]2c2ccccc2)c1.[Y]. The Morgan fingerprint density at radius 1 is 0.914 bits per heavy atom. The van der Waals surface area contributed by atoms with Crippen LogP contribution in [0.3, 0.4) is 0 Å². The zero-order chi connectivity index (χ0) is 26.9. The van der Waals surface area contributed by atoms with E-state index in [9.17, 15) is 0 Å². The average Bonchev–Trinajstić information content (AvgIpc) is 3.31. The molecule has 1 radical (unpaired) electrons. The standard InChI is InChI=1S/C22H25NO.5C2H6.Y/c1-4-18-11-10-17(2)20(16-18)13-15-24-21-12-14-23(3)22(21)19-8-6-5-7-9-19;5*1-2;/h5-11,15-16,22H,4,12,14H2,1-3H3;5*1-2H3;/q-2;;;;;;/t22-;;;;;;/m0....../s1. The van der Waals surface area contributed by atoms with E-state index in [-0.39, 0.29) is 38.8 Å². The molecule has 199 valence electrons. The van der Waals surface area contributed by atoms with Gasteiger partial charge in [0.2, 0.25) is 0 Å². The maximum atomic E-state index is 6.01. The van der Waals surface area contributed by atoms with Gasteiger partial charge < -0.3 is 9.64 Å². The summed E-state index contributed by atoms with van der Waals surface area (Å²) >= 11 is 0. The van der Waals surface area contributed by atoms with Crippen LogP contribution in [0.2, 0.25) is 0 Å².